The van der Waals surface area contributed by atoms with Crippen LogP contribution in [0.4, 0.5) is 0 Å². The molecular weight excluding hydrogens is 376 g/mol. The Balaban J connectivity index is 1.79. The lowest BCUT2D eigenvalue weighted by molar-refractivity contribution is 0.0682. The number of hydrogen-bond acceptors (Lipinski definition) is 4. The van der Waals surface area contributed by atoms with E-state index in [4.69, 9.17) is 14.9 Å². The Labute approximate surface area is 165 Å². The molecule has 0 saturated carbocycles. The highest BCUT2D eigenvalue weighted by Gasteiger charge is 2.13. The fourth-order valence-electron chi connectivity index (χ4n) is 2.80. The van der Waals surface area contributed by atoms with E-state index in [1.165, 1.54) is 18.2 Å². The van der Waals surface area contributed by atoms with Crippen LogP contribution < -0.4 is 4.74 Å². The van der Waals surface area contributed by atoms with Crippen LogP contribution in [0.3, 0.4) is 0 Å². The molecule has 0 aliphatic rings. The number of rotatable bonds is 7. The number of aromatic carboxylic acids is 3. The third kappa shape index (κ3) is 4.59. The molecule has 0 fully saturated rings. The molecule has 0 radical (unpaired) electrons. The summed E-state index contributed by atoms with van der Waals surface area (Å²) < 4.78 is 5.56. The molecule has 0 bridgehead atoms. The minimum absolute atomic E-state index is 0.0863. The quantitative estimate of drug-likeness (QED) is 0.555. The van der Waals surface area contributed by atoms with Gasteiger partial charge in [-0.1, -0.05) is 42.5 Å². The van der Waals surface area contributed by atoms with Gasteiger partial charge in [-0.3, -0.25) is 0 Å². The summed E-state index contributed by atoms with van der Waals surface area (Å²) in [6.07, 6.45) is 0. The van der Waals surface area contributed by atoms with Crippen LogP contribution in [-0.4, -0.2) is 33.2 Å². The van der Waals surface area contributed by atoms with Gasteiger partial charge in [0, 0.05) is 0 Å². The first kappa shape index (κ1) is 19.6. The summed E-state index contributed by atoms with van der Waals surface area (Å²) in [7, 11) is 0. The van der Waals surface area contributed by atoms with Gasteiger partial charge in [0.05, 0.1) is 16.7 Å². The molecule has 0 aliphatic heterocycles. The van der Waals surface area contributed by atoms with Gasteiger partial charge >= 0.3 is 17.9 Å². The fraction of sp³-hybridized carbons (Fsp3) is 0.0455. The van der Waals surface area contributed by atoms with E-state index in [0.29, 0.717) is 5.56 Å². The van der Waals surface area contributed by atoms with Crippen molar-refractivity contribution < 1.29 is 34.4 Å². The summed E-state index contributed by atoms with van der Waals surface area (Å²) in [5.74, 6) is -3.39. The van der Waals surface area contributed by atoms with Gasteiger partial charge in [0.15, 0.2) is 0 Å². The second-order valence-corrected chi connectivity index (χ2v) is 6.19. The highest BCUT2D eigenvalue weighted by molar-refractivity contribution is 5.96. The lowest BCUT2D eigenvalue weighted by atomic mass is 9.99. The topological polar surface area (TPSA) is 121 Å². The second kappa shape index (κ2) is 8.26. The number of carbonyl (C=O) groups is 3. The molecule has 3 aromatic rings. The van der Waals surface area contributed by atoms with Gasteiger partial charge in [0.2, 0.25) is 0 Å². The number of ether oxygens (including phenoxy) is 1. The number of hydrogen-bond donors (Lipinski definition) is 3. The monoisotopic (exact) mass is 392 g/mol. The Kier molecular flexibility index (Phi) is 5.59. The molecule has 0 aliphatic carbocycles. The van der Waals surface area contributed by atoms with E-state index >= 15 is 0 Å². The normalized spacial score (nSPS) is 10.3. The molecule has 3 N–H and O–H groups in total. The number of carboxylic acids is 3. The molecule has 3 rings (SSSR count). The van der Waals surface area contributed by atoms with Crippen molar-refractivity contribution in [2.24, 2.45) is 0 Å². The second-order valence-electron chi connectivity index (χ2n) is 6.19. The Morgan fingerprint density at radius 2 is 1.31 bits per heavy atom. The first-order valence-corrected chi connectivity index (χ1v) is 8.51. The van der Waals surface area contributed by atoms with Crippen molar-refractivity contribution in [2.45, 2.75) is 6.61 Å². The number of benzene rings is 3. The molecule has 0 unspecified atom stereocenters. The molecule has 0 heterocycles. The van der Waals surface area contributed by atoms with Gasteiger partial charge in [-0.25, -0.2) is 14.4 Å². The third-order valence-electron chi connectivity index (χ3n) is 4.23. The van der Waals surface area contributed by atoms with E-state index in [1.807, 2.05) is 0 Å². The number of carboxylic acid groups (broad SMARTS) is 3. The van der Waals surface area contributed by atoms with E-state index < -0.39 is 17.9 Å². The summed E-state index contributed by atoms with van der Waals surface area (Å²) in [6, 6.07) is 17.3. The van der Waals surface area contributed by atoms with Crippen molar-refractivity contribution in [1.82, 2.24) is 0 Å². The molecule has 0 atom stereocenters. The predicted molar refractivity (Wildman–Crippen MR) is 104 cm³/mol. The highest BCUT2D eigenvalue weighted by Crippen LogP contribution is 2.25. The van der Waals surface area contributed by atoms with Gasteiger partial charge in [-0.15, -0.1) is 0 Å². The third-order valence-corrected chi connectivity index (χ3v) is 4.23. The fourth-order valence-corrected chi connectivity index (χ4v) is 2.80. The van der Waals surface area contributed by atoms with Crippen molar-refractivity contribution in [1.29, 1.82) is 0 Å². The standard InChI is InChI=1S/C22H16O7/c23-20(24)15-9-16(21(25)26)11-17(10-15)29-12-13-5-7-14(8-6-13)18-3-1-2-4-19(18)22(27)28/h1-11H,12H2,(H,23,24)(H,25,26)(H,27,28). The van der Waals surface area contributed by atoms with Crippen LogP contribution in [0.15, 0.2) is 66.7 Å². The van der Waals surface area contributed by atoms with Gasteiger partial charge in [0.25, 0.3) is 0 Å². The maximum Gasteiger partial charge on any atom is 0.336 e. The van der Waals surface area contributed by atoms with Crippen LogP contribution in [0, 0.1) is 0 Å². The van der Waals surface area contributed by atoms with Crippen LogP contribution in [0.5, 0.6) is 5.75 Å². The van der Waals surface area contributed by atoms with Crippen molar-refractivity contribution >= 4 is 17.9 Å². The Hall–Kier alpha value is -4.13. The summed E-state index contributed by atoms with van der Waals surface area (Å²) in [5, 5.41) is 27.5. The molecule has 7 heteroatoms. The molecule has 0 amide bonds. The minimum atomic E-state index is -1.25. The van der Waals surface area contributed by atoms with Crippen LogP contribution in [-0.2, 0) is 6.61 Å². The van der Waals surface area contributed by atoms with Crippen molar-refractivity contribution in [2.75, 3.05) is 0 Å². The Morgan fingerprint density at radius 3 is 1.86 bits per heavy atom. The lowest BCUT2D eigenvalue weighted by Gasteiger charge is -2.10. The summed E-state index contributed by atoms with van der Waals surface area (Å²) >= 11 is 0. The zero-order valence-electron chi connectivity index (χ0n) is 15.0. The smallest absolute Gasteiger partial charge is 0.336 e. The average molecular weight is 392 g/mol. The maximum absolute atomic E-state index is 11.4. The molecule has 0 aromatic heterocycles. The van der Waals surface area contributed by atoms with Gasteiger partial charge < -0.3 is 20.1 Å². The SMILES string of the molecule is O=C(O)c1cc(OCc2ccc(-c3ccccc3C(=O)O)cc2)cc(C(=O)O)c1. The lowest BCUT2D eigenvalue weighted by Crippen LogP contribution is -2.04. The van der Waals surface area contributed by atoms with Crippen molar-refractivity contribution in [3.8, 4) is 16.9 Å². The van der Waals surface area contributed by atoms with Gasteiger partial charge in [0.1, 0.15) is 12.4 Å². The average Bonchev–Trinajstić information content (AvgIpc) is 2.72. The zero-order valence-corrected chi connectivity index (χ0v) is 15.0. The summed E-state index contributed by atoms with van der Waals surface area (Å²) in [6.45, 7) is 0.0863. The minimum Gasteiger partial charge on any atom is -0.489 e. The highest BCUT2D eigenvalue weighted by atomic mass is 16.5. The summed E-state index contributed by atoms with van der Waals surface area (Å²) in [5.41, 5.74) is 1.91. The van der Waals surface area contributed by atoms with E-state index in [1.54, 1.807) is 42.5 Å². The molecular formula is C22H16O7. The van der Waals surface area contributed by atoms with Gasteiger partial charge in [-0.2, -0.15) is 0 Å². The zero-order chi connectivity index (χ0) is 21.0. The van der Waals surface area contributed by atoms with Crippen LogP contribution in [0.1, 0.15) is 36.6 Å². The first-order valence-electron chi connectivity index (χ1n) is 8.51. The maximum atomic E-state index is 11.4. The molecule has 7 nitrogen and oxygen atoms in total. The molecule has 29 heavy (non-hydrogen) atoms. The van der Waals surface area contributed by atoms with Crippen LogP contribution in [0.25, 0.3) is 11.1 Å². The van der Waals surface area contributed by atoms with E-state index in [-0.39, 0.29) is 29.0 Å². The van der Waals surface area contributed by atoms with Crippen molar-refractivity contribution in [3.05, 3.63) is 89.0 Å². The van der Waals surface area contributed by atoms with E-state index in [9.17, 15) is 19.5 Å². The predicted octanol–water partition coefficient (Wildman–Crippen LogP) is 4.03. The van der Waals surface area contributed by atoms with E-state index in [2.05, 4.69) is 0 Å². The molecule has 146 valence electrons. The van der Waals surface area contributed by atoms with E-state index in [0.717, 1.165) is 17.2 Å². The largest absolute Gasteiger partial charge is 0.489 e. The molecule has 0 spiro atoms. The van der Waals surface area contributed by atoms with Gasteiger partial charge in [-0.05, 0) is 41.0 Å². The van der Waals surface area contributed by atoms with Crippen LogP contribution in [0.2, 0.25) is 0 Å². The first-order chi connectivity index (χ1) is 13.8. The van der Waals surface area contributed by atoms with Crippen molar-refractivity contribution in [3.63, 3.8) is 0 Å². The Morgan fingerprint density at radius 1 is 0.724 bits per heavy atom. The Bertz CT molecular complexity index is 1050. The summed E-state index contributed by atoms with van der Waals surface area (Å²) in [4.78, 5) is 33.7. The molecule has 3 aromatic carbocycles. The molecule has 0 saturated heterocycles. The van der Waals surface area contributed by atoms with Crippen LogP contribution >= 0.6 is 0 Å².